The molecule has 9 heteroatoms. The number of carbonyl (C=O) groups excluding carboxylic acids is 2. The van der Waals surface area contributed by atoms with Crippen molar-refractivity contribution in [1.29, 1.82) is 0 Å². The second-order valence-electron chi connectivity index (χ2n) is 9.35. The number of methoxy groups -OCH3 is 3. The van der Waals surface area contributed by atoms with Gasteiger partial charge in [-0.15, -0.1) is 0 Å². The second kappa shape index (κ2) is 12.4. The van der Waals surface area contributed by atoms with Crippen molar-refractivity contribution < 1.29 is 28.5 Å². The summed E-state index contributed by atoms with van der Waals surface area (Å²) in [4.78, 5) is 35.5. The average Bonchev–Trinajstić information content (AvgIpc) is 3.04. The molecular weight excluding hydrogens is 534 g/mol. The topological polar surface area (TPSA) is 109 Å². The van der Waals surface area contributed by atoms with Gasteiger partial charge in [0.2, 0.25) is 0 Å². The molecular formula is C33H29N3O6. The van der Waals surface area contributed by atoms with Gasteiger partial charge in [0.1, 0.15) is 17.2 Å². The normalized spacial score (nSPS) is 11.4. The Balaban J connectivity index is 1.44. The van der Waals surface area contributed by atoms with Gasteiger partial charge in [-0.3, -0.25) is 4.79 Å². The van der Waals surface area contributed by atoms with Crippen LogP contribution in [0.1, 0.15) is 17.3 Å². The summed E-state index contributed by atoms with van der Waals surface area (Å²) in [5.74, 6) is 0.917. The fraction of sp³-hybridized carbons (Fsp3) is 0.152. The van der Waals surface area contributed by atoms with Crippen LogP contribution in [0.15, 0.2) is 91.0 Å². The van der Waals surface area contributed by atoms with Crippen molar-refractivity contribution in [3.05, 3.63) is 96.6 Å². The summed E-state index contributed by atoms with van der Waals surface area (Å²) in [6.07, 6.45) is -1.04. The molecule has 1 unspecified atom stereocenters. The van der Waals surface area contributed by atoms with Gasteiger partial charge in [0.15, 0.2) is 6.10 Å². The highest BCUT2D eigenvalue weighted by molar-refractivity contribution is 5.99. The molecule has 0 aliphatic carbocycles. The Hall–Kier alpha value is -5.44. The number of benzene rings is 4. The zero-order chi connectivity index (χ0) is 29.6. The molecule has 4 aromatic carbocycles. The van der Waals surface area contributed by atoms with Crippen LogP contribution in [0.4, 0.5) is 5.69 Å². The summed E-state index contributed by atoms with van der Waals surface area (Å²) < 4.78 is 21.3. The fourth-order valence-electron chi connectivity index (χ4n) is 4.31. The Morgan fingerprint density at radius 3 is 1.81 bits per heavy atom. The van der Waals surface area contributed by atoms with Crippen LogP contribution in [-0.2, 0) is 9.53 Å². The second-order valence-corrected chi connectivity index (χ2v) is 9.35. The number of esters is 1. The number of nitrogens with zero attached hydrogens (tertiary/aromatic N) is 2. The van der Waals surface area contributed by atoms with Gasteiger partial charge in [-0.2, -0.15) is 0 Å². The molecule has 9 nitrogen and oxygen atoms in total. The molecule has 1 heterocycles. The van der Waals surface area contributed by atoms with E-state index in [-0.39, 0.29) is 5.56 Å². The van der Waals surface area contributed by atoms with E-state index in [4.69, 9.17) is 28.9 Å². The molecule has 0 saturated heterocycles. The number of carbonyl (C=O) groups is 2. The van der Waals surface area contributed by atoms with Crippen molar-refractivity contribution in [2.45, 2.75) is 13.0 Å². The summed E-state index contributed by atoms with van der Waals surface area (Å²) in [6, 6.07) is 26.9. The summed E-state index contributed by atoms with van der Waals surface area (Å²) >= 11 is 0. The van der Waals surface area contributed by atoms with Crippen molar-refractivity contribution >= 4 is 28.6 Å². The van der Waals surface area contributed by atoms with Crippen molar-refractivity contribution in [2.24, 2.45) is 0 Å². The van der Waals surface area contributed by atoms with Crippen molar-refractivity contribution in [2.75, 3.05) is 26.6 Å². The average molecular weight is 564 g/mol. The van der Waals surface area contributed by atoms with Crippen LogP contribution in [0.2, 0.25) is 0 Å². The zero-order valence-electron chi connectivity index (χ0n) is 23.6. The Morgan fingerprint density at radius 2 is 1.24 bits per heavy atom. The van der Waals surface area contributed by atoms with Crippen LogP contribution in [0.25, 0.3) is 33.5 Å². The van der Waals surface area contributed by atoms with E-state index in [2.05, 4.69) is 5.32 Å². The van der Waals surface area contributed by atoms with Crippen molar-refractivity contribution in [3.8, 4) is 39.8 Å². The quantitative estimate of drug-likeness (QED) is 0.212. The lowest BCUT2D eigenvalue weighted by atomic mass is 10.0. The zero-order valence-corrected chi connectivity index (χ0v) is 23.6. The molecule has 5 aromatic rings. The first-order valence-corrected chi connectivity index (χ1v) is 13.1. The number of ether oxygens (including phenoxy) is 4. The van der Waals surface area contributed by atoms with E-state index in [0.717, 1.165) is 16.9 Å². The predicted molar refractivity (Wildman–Crippen MR) is 160 cm³/mol. The Bertz CT molecular complexity index is 1740. The van der Waals surface area contributed by atoms with E-state index in [1.54, 1.807) is 63.8 Å². The molecule has 5 rings (SSSR count). The van der Waals surface area contributed by atoms with E-state index in [0.29, 0.717) is 39.6 Å². The monoisotopic (exact) mass is 563 g/mol. The molecule has 1 N–H and O–H groups in total. The number of hydrogen-bond acceptors (Lipinski definition) is 8. The molecule has 1 amide bonds. The number of hydrogen-bond donors (Lipinski definition) is 1. The number of aromatic nitrogens is 2. The van der Waals surface area contributed by atoms with Crippen molar-refractivity contribution in [3.63, 3.8) is 0 Å². The summed E-state index contributed by atoms with van der Waals surface area (Å²) in [7, 11) is 4.76. The maximum absolute atomic E-state index is 13.0. The Morgan fingerprint density at radius 1 is 0.667 bits per heavy atom. The first-order valence-electron chi connectivity index (χ1n) is 13.1. The van der Waals surface area contributed by atoms with E-state index in [9.17, 15) is 9.59 Å². The molecule has 0 aliphatic heterocycles. The minimum Gasteiger partial charge on any atom is -0.497 e. The molecule has 0 saturated carbocycles. The minimum absolute atomic E-state index is 0.246. The van der Waals surface area contributed by atoms with Gasteiger partial charge >= 0.3 is 5.97 Å². The Kier molecular flexibility index (Phi) is 8.29. The van der Waals surface area contributed by atoms with Gasteiger partial charge in [0.25, 0.3) is 5.91 Å². The highest BCUT2D eigenvalue weighted by Crippen LogP contribution is 2.33. The molecule has 0 spiro atoms. The van der Waals surface area contributed by atoms with E-state index in [1.165, 1.54) is 6.92 Å². The highest BCUT2D eigenvalue weighted by atomic mass is 16.5. The van der Waals surface area contributed by atoms with Crippen LogP contribution < -0.4 is 19.5 Å². The minimum atomic E-state index is -1.04. The maximum Gasteiger partial charge on any atom is 0.338 e. The largest absolute Gasteiger partial charge is 0.497 e. The van der Waals surface area contributed by atoms with E-state index >= 15 is 0 Å². The molecule has 1 atom stereocenters. The first kappa shape index (κ1) is 28.1. The first-order chi connectivity index (χ1) is 20.4. The molecule has 0 radical (unpaired) electrons. The summed E-state index contributed by atoms with van der Waals surface area (Å²) in [5, 5.41) is 2.73. The summed E-state index contributed by atoms with van der Waals surface area (Å²) in [6.45, 7) is 1.51. The van der Waals surface area contributed by atoms with Crippen molar-refractivity contribution in [1.82, 2.24) is 9.97 Å². The molecule has 42 heavy (non-hydrogen) atoms. The lowest BCUT2D eigenvalue weighted by Crippen LogP contribution is -2.30. The van der Waals surface area contributed by atoms with Crippen LogP contribution in [0.3, 0.4) is 0 Å². The van der Waals surface area contributed by atoms with Crippen LogP contribution >= 0.6 is 0 Å². The third kappa shape index (κ3) is 6.15. The molecule has 1 aromatic heterocycles. The predicted octanol–water partition coefficient (Wildman–Crippen LogP) is 6.17. The van der Waals surface area contributed by atoms with Crippen LogP contribution in [0.5, 0.6) is 17.2 Å². The molecule has 0 fully saturated rings. The van der Waals surface area contributed by atoms with Gasteiger partial charge in [0, 0.05) is 22.9 Å². The molecule has 0 aliphatic rings. The smallest absolute Gasteiger partial charge is 0.338 e. The fourth-order valence-corrected chi connectivity index (χ4v) is 4.31. The third-order valence-electron chi connectivity index (χ3n) is 6.62. The van der Waals surface area contributed by atoms with Gasteiger partial charge in [-0.05, 0) is 85.8 Å². The lowest BCUT2D eigenvalue weighted by Gasteiger charge is -2.15. The third-order valence-corrected chi connectivity index (χ3v) is 6.62. The number of fused-ring (bicyclic) bond motifs is 1. The Labute approximate surface area is 243 Å². The molecule has 212 valence electrons. The number of rotatable bonds is 9. The van der Waals surface area contributed by atoms with Gasteiger partial charge in [0.05, 0.1) is 49.3 Å². The van der Waals surface area contributed by atoms with Crippen LogP contribution in [0, 0.1) is 0 Å². The van der Waals surface area contributed by atoms with E-state index < -0.39 is 18.0 Å². The number of anilines is 1. The lowest BCUT2D eigenvalue weighted by molar-refractivity contribution is -0.123. The highest BCUT2D eigenvalue weighted by Gasteiger charge is 2.21. The van der Waals surface area contributed by atoms with Crippen LogP contribution in [-0.4, -0.2) is 49.3 Å². The summed E-state index contributed by atoms with van der Waals surface area (Å²) in [5.41, 5.74) is 4.86. The maximum atomic E-state index is 13.0. The molecule has 0 bridgehead atoms. The number of amides is 1. The number of nitrogens with one attached hydrogen (secondary N) is 1. The van der Waals surface area contributed by atoms with Gasteiger partial charge in [-0.1, -0.05) is 6.07 Å². The standard InChI is InChI=1S/C33H29N3O6/c1-20(32(37)34-24-6-5-7-27(19-24)41-4)42-33(38)23-12-17-28-29(18-23)36-31(22-10-15-26(40-3)16-11-22)30(35-28)21-8-13-25(39-2)14-9-21/h5-20H,1-4H3,(H,34,37). The van der Waals surface area contributed by atoms with E-state index in [1.807, 2.05) is 48.5 Å². The SMILES string of the molecule is COc1ccc(-c2nc3ccc(C(=O)OC(C)C(=O)Nc4cccc(OC)c4)cc3nc2-c2ccc(OC)cc2)cc1. The van der Waals surface area contributed by atoms with Gasteiger partial charge in [-0.25, -0.2) is 14.8 Å². The van der Waals surface area contributed by atoms with Gasteiger partial charge < -0.3 is 24.3 Å².